The predicted molar refractivity (Wildman–Crippen MR) is 81.9 cm³/mol. The molecular formula is C16H22N2O3. The second-order valence-electron chi connectivity index (χ2n) is 5.16. The van der Waals surface area contributed by atoms with E-state index in [9.17, 15) is 9.59 Å². The van der Waals surface area contributed by atoms with Crippen molar-refractivity contribution in [1.82, 2.24) is 10.2 Å². The van der Waals surface area contributed by atoms with Gasteiger partial charge in [-0.2, -0.15) is 0 Å². The number of nitrogens with one attached hydrogen (secondary N) is 1. The van der Waals surface area contributed by atoms with Crippen LogP contribution in [0.4, 0.5) is 0 Å². The topological polar surface area (TPSA) is 69.6 Å². The Bertz CT molecular complexity index is 536. The van der Waals surface area contributed by atoms with Crippen LogP contribution in [0.25, 0.3) is 0 Å². The van der Waals surface area contributed by atoms with E-state index in [1.807, 2.05) is 49.3 Å². The lowest BCUT2D eigenvalue weighted by Gasteiger charge is -2.25. The van der Waals surface area contributed by atoms with Gasteiger partial charge < -0.3 is 15.3 Å². The van der Waals surface area contributed by atoms with Crippen LogP contribution in [0.2, 0.25) is 0 Å². The van der Waals surface area contributed by atoms with Gasteiger partial charge in [0.1, 0.15) is 0 Å². The number of hydrogen-bond acceptors (Lipinski definition) is 3. The Balaban J connectivity index is 2.78. The molecule has 0 aliphatic carbocycles. The smallest absolute Gasteiger partial charge is 0.331 e. The maximum absolute atomic E-state index is 12.0. The van der Waals surface area contributed by atoms with Crippen molar-refractivity contribution in [3.8, 4) is 0 Å². The van der Waals surface area contributed by atoms with Crippen molar-refractivity contribution in [2.24, 2.45) is 0 Å². The molecule has 0 fully saturated rings. The number of aliphatic carboxylic acids is 1. The fourth-order valence-corrected chi connectivity index (χ4v) is 1.93. The number of amides is 1. The fraction of sp³-hybridized carbons (Fsp3) is 0.375. The maximum Gasteiger partial charge on any atom is 0.331 e. The minimum Gasteiger partial charge on any atom is -0.478 e. The van der Waals surface area contributed by atoms with Crippen LogP contribution in [-0.4, -0.2) is 42.5 Å². The van der Waals surface area contributed by atoms with Gasteiger partial charge in [0.25, 0.3) is 0 Å². The van der Waals surface area contributed by atoms with Gasteiger partial charge in [-0.3, -0.25) is 4.79 Å². The first-order chi connectivity index (χ1) is 9.84. The summed E-state index contributed by atoms with van der Waals surface area (Å²) in [6, 6.07) is 9.89. The van der Waals surface area contributed by atoms with Crippen molar-refractivity contribution in [1.29, 1.82) is 0 Å². The highest BCUT2D eigenvalue weighted by atomic mass is 16.4. The molecule has 0 spiro atoms. The number of nitrogens with zero attached hydrogens (tertiary/aromatic N) is 1. The molecule has 0 aromatic heterocycles. The van der Waals surface area contributed by atoms with Gasteiger partial charge in [-0.1, -0.05) is 30.3 Å². The molecule has 2 N–H and O–H groups in total. The van der Waals surface area contributed by atoms with Gasteiger partial charge in [-0.25, -0.2) is 4.79 Å². The molecule has 5 nitrogen and oxygen atoms in total. The van der Waals surface area contributed by atoms with Gasteiger partial charge in [0.05, 0.1) is 6.04 Å². The third kappa shape index (κ3) is 4.72. The zero-order chi connectivity index (χ0) is 16.0. The molecule has 0 saturated carbocycles. The first-order valence-electron chi connectivity index (χ1n) is 6.75. The highest BCUT2D eigenvalue weighted by Gasteiger charge is 2.17. The van der Waals surface area contributed by atoms with E-state index in [1.165, 1.54) is 13.8 Å². The molecule has 1 rings (SSSR count). The van der Waals surface area contributed by atoms with E-state index in [2.05, 4.69) is 5.32 Å². The molecule has 1 atom stereocenters. The summed E-state index contributed by atoms with van der Waals surface area (Å²) in [4.78, 5) is 24.9. The highest BCUT2D eigenvalue weighted by molar-refractivity contribution is 6.01. The van der Waals surface area contributed by atoms with Gasteiger partial charge >= 0.3 is 5.97 Å². The van der Waals surface area contributed by atoms with E-state index in [0.717, 1.165) is 5.56 Å². The fourth-order valence-electron chi connectivity index (χ4n) is 1.93. The maximum atomic E-state index is 12.0. The van der Waals surface area contributed by atoms with Crippen LogP contribution < -0.4 is 5.32 Å². The van der Waals surface area contributed by atoms with E-state index < -0.39 is 5.97 Å². The number of carbonyl (C=O) groups excluding carboxylic acids is 1. The second kappa shape index (κ2) is 7.59. The third-order valence-corrected chi connectivity index (χ3v) is 3.49. The van der Waals surface area contributed by atoms with Crippen LogP contribution in [0.3, 0.4) is 0 Å². The largest absolute Gasteiger partial charge is 0.478 e. The lowest BCUT2D eigenvalue weighted by Crippen LogP contribution is -2.35. The Labute approximate surface area is 125 Å². The number of benzene rings is 1. The minimum absolute atomic E-state index is 0.0353. The molecule has 1 aromatic carbocycles. The number of carboxylic acids is 1. The van der Waals surface area contributed by atoms with E-state index in [-0.39, 0.29) is 23.1 Å². The Morgan fingerprint density at radius 1 is 1.14 bits per heavy atom. The molecule has 114 valence electrons. The predicted octanol–water partition coefficient (Wildman–Crippen LogP) is 1.83. The first-order valence-corrected chi connectivity index (χ1v) is 6.75. The van der Waals surface area contributed by atoms with Gasteiger partial charge in [-0.15, -0.1) is 0 Å². The number of hydrogen-bond donors (Lipinski definition) is 2. The first kappa shape index (κ1) is 16.9. The average Bonchev–Trinajstić information content (AvgIpc) is 2.46. The zero-order valence-corrected chi connectivity index (χ0v) is 12.9. The Kier molecular flexibility index (Phi) is 6.11. The molecule has 1 amide bonds. The van der Waals surface area contributed by atoms with Crippen molar-refractivity contribution in [2.45, 2.75) is 19.9 Å². The second-order valence-corrected chi connectivity index (χ2v) is 5.16. The van der Waals surface area contributed by atoms with Crippen LogP contribution in [-0.2, 0) is 9.59 Å². The summed E-state index contributed by atoms with van der Waals surface area (Å²) in [6.45, 7) is 3.37. The minimum atomic E-state index is -1.07. The number of likely N-dealkylation sites (N-methyl/N-ethyl adjacent to an activating group) is 1. The number of carbonyl (C=O) groups is 2. The van der Waals surface area contributed by atoms with Crippen LogP contribution in [0.5, 0.6) is 0 Å². The molecule has 1 unspecified atom stereocenters. The number of carboxylic acid groups (broad SMARTS) is 1. The summed E-state index contributed by atoms with van der Waals surface area (Å²) >= 11 is 0. The van der Waals surface area contributed by atoms with Crippen molar-refractivity contribution < 1.29 is 14.7 Å². The number of rotatable bonds is 6. The highest BCUT2D eigenvalue weighted by Crippen LogP contribution is 2.17. The van der Waals surface area contributed by atoms with Gasteiger partial charge in [0.2, 0.25) is 5.91 Å². The van der Waals surface area contributed by atoms with Gasteiger partial charge in [-0.05, 0) is 33.5 Å². The molecule has 0 bridgehead atoms. The molecule has 0 radical (unpaired) electrons. The SMILES string of the molecule is CC(C(=O)O)=C(C)C(=O)NCC(c1ccccc1)N(C)C. The van der Waals surface area contributed by atoms with E-state index in [1.54, 1.807) is 0 Å². The van der Waals surface area contributed by atoms with E-state index in [4.69, 9.17) is 5.11 Å². The van der Waals surface area contributed by atoms with Gasteiger partial charge in [0, 0.05) is 17.7 Å². The summed E-state index contributed by atoms with van der Waals surface area (Å²) in [7, 11) is 3.88. The molecule has 0 saturated heterocycles. The lowest BCUT2D eigenvalue weighted by molar-refractivity contribution is -0.133. The summed E-state index contributed by atoms with van der Waals surface area (Å²) in [5, 5.41) is 11.7. The Morgan fingerprint density at radius 2 is 1.71 bits per heavy atom. The molecule has 21 heavy (non-hydrogen) atoms. The van der Waals surface area contributed by atoms with E-state index in [0.29, 0.717) is 6.54 Å². The van der Waals surface area contributed by atoms with Crippen molar-refractivity contribution in [3.63, 3.8) is 0 Å². The molecule has 1 aromatic rings. The van der Waals surface area contributed by atoms with E-state index >= 15 is 0 Å². The normalized spacial score (nSPS) is 13.6. The quantitative estimate of drug-likeness (QED) is 0.784. The third-order valence-electron chi connectivity index (χ3n) is 3.49. The zero-order valence-electron chi connectivity index (χ0n) is 12.9. The molecule has 5 heteroatoms. The summed E-state index contributed by atoms with van der Waals surface area (Å²) in [6.07, 6.45) is 0. The Hall–Kier alpha value is -2.14. The molecular weight excluding hydrogens is 268 g/mol. The van der Waals surface area contributed by atoms with Crippen LogP contribution in [0.15, 0.2) is 41.5 Å². The Morgan fingerprint density at radius 3 is 2.19 bits per heavy atom. The summed E-state index contributed by atoms with van der Waals surface area (Å²) in [5.74, 6) is -1.42. The van der Waals surface area contributed by atoms with Crippen LogP contribution in [0, 0.1) is 0 Å². The van der Waals surface area contributed by atoms with Crippen molar-refractivity contribution in [3.05, 3.63) is 47.0 Å². The monoisotopic (exact) mass is 290 g/mol. The molecule has 0 aliphatic heterocycles. The summed E-state index contributed by atoms with van der Waals surface area (Å²) < 4.78 is 0. The average molecular weight is 290 g/mol. The lowest BCUT2D eigenvalue weighted by atomic mass is 10.1. The molecule has 0 aliphatic rings. The standard InChI is InChI=1S/C16H22N2O3/c1-11(12(2)16(20)21)15(19)17-10-14(18(3)4)13-8-6-5-7-9-13/h5-9,14H,10H2,1-4H3,(H,17,19)(H,20,21). The summed E-state index contributed by atoms with van der Waals surface area (Å²) in [5.41, 5.74) is 1.39. The van der Waals surface area contributed by atoms with Gasteiger partial charge in [0.15, 0.2) is 0 Å². The van der Waals surface area contributed by atoms with Crippen LogP contribution in [0.1, 0.15) is 25.5 Å². The van der Waals surface area contributed by atoms with Crippen LogP contribution >= 0.6 is 0 Å². The van der Waals surface area contributed by atoms with Crippen molar-refractivity contribution in [2.75, 3.05) is 20.6 Å². The molecule has 0 heterocycles. The van der Waals surface area contributed by atoms with Crippen molar-refractivity contribution >= 4 is 11.9 Å².